The van der Waals surface area contributed by atoms with Crippen LogP contribution >= 0.6 is 0 Å². The van der Waals surface area contributed by atoms with Gasteiger partial charge in [0.2, 0.25) is 5.88 Å². The van der Waals surface area contributed by atoms with E-state index in [2.05, 4.69) is 35.7 Å². The Bertz CT molecular complexity index is 490. The maximum Gasteiger partial charge on any atom is 0.215 e. The Kier molecular flexibility index (Phi) is 2.81. The molecule has 1 N–H and O–H groups in total. The van der Waals surface area contributed by atoms with Crippen LogP contribution in [0.4, 0.5) is 0 Å². The lowest BCUT2D eigenvalue weighted by Gasteiger charge is -2.11. The zero-order valence-electron chi connectivity index (χ0n) is 10.1. The molecule has 0 aliphatic carbocycles. The molecule has 0 aliphatic rings. The number of nitrogens with one attached hydrogen (secondary N) is 1. The van der Waals surface area contributed by atoms with Crippen molar-refractivity contribution in [3.05, 3.63) is 18.0 Å². The van der Waals surface area contributed by atoms with Gasteiger partial charge in [-0.15, -0.1) is 0 Å². The minimum atomic E-state index is 0.403. The summed E-state index contributed by atoms with van der Waals surface area (Å²) in [5, 5.41) is 0. The Labute approximate surface area is 95.1 Å². The molecule has 0 fully saturated rings. The third-order valence-corrected chi connectivity index (χ3v) is 2.98. The van der Waals surface area contributed by atoms with Crippen LogP contribution in [0.2, 0.25) is 0 Å². The van der Waals surface area contributed by atoms with Crippen LogP contribution in [-0.2, 0) is 0 Å². The summed E-state index contributed by atoms with van der Waals surface area (Å²) in [6, 6.07) is 3.79. The maximum atomic E-state index is 5.07. The van der Waals surface area contributed by atoms with Gasteiger partial charge >= 0.3 is 0 Å². The fourth-order valence-corrected chi connectivity index (χ4v) is 1.54. The monoisotopic (exact) mass is 219 g/mol. The molecule has 1 atom stereocenters. The van der Waals surface area contributed by atoms with Crippen LogP contribution in [0.1, 0.15) is 32.5 Å². The molecule has 0 aromatic carbocycles. The molecule has 2 heterocycles. The SMILES string of the molecule is COc1ccc2[nH]c(C(C)C(C)C)nc2n1. The number of ether oxygens (including phenoxy) is 1. The van der Waals surface area contributed by atoms with Gasteiger partial charge in [-0.05, 0) is 12.0 Å². The minimum Gasteiger partial charge on any atom is -0.481 e. The highest BCUT2D eigenvalue weighted by atomic mass is 16.5. The second-order valence-corrected chi connectivity index (χ2v) is 4.38. The zero-order valence-corrected chi connectivity index (χ0v) is 10.1. The number of H-pyrrole nitrogens is 1. The van der Waals surface area contributed by atoms with Gasteiger partial charge in [-0.3, -0.25) is 0 Å². The van der Waals surface area contributed by atoms with Crippen molar-refractivity contribution in [2.75, 3.05) is 7.11 Å². The van der Waals surface area contributed by atoms with E-state index >= 15 is 0 Å². The molecular weight excluding hydrogens is 202 g/mol. The van der Waals surface area contributed by atoms with Crippen molar-refractivity contribution in [1.29, 1.82) is 0 Å². The molecule has 4 heteroatoms. The molecule has 0 radical (unpaired) electrons. The van der Waals surface area contributed by atoms with Crippen LogP contribution in [0.5, 0.6) is 5.88 Å². The predicted molar refractivity (Wildman–Crippen MR) is 63.7 cm³/mol. The Balaban J connectivity index is 2.43. The standard InChI is InChI=1S/C12H17N3O/c1-7(2)8(3)11-13-9-5-6-10(16-4)14-12(9)15-11/h5-8H,1-4H3,(H,13,14,15). The number of nitrogens with zero attached hydrogens (tertiary/aromatic N) is 2. The molecular formula is C12H17N3O. The van der Waals surface area contributed by atoms with Crippen molar-refractivity contribution < 1.29 is 4.74 Å². The van der Waals surface area contributed by atoms with Gasteiger partial charge in [0.25, 0.3) is 0 Å². The van der Waals surface area contributed by atoms with Gasteiger partial charge < -0.3 is 9.72 Å². The van der Waals surface area contributed by atoms with Crippen LogP contribution in [0.25, 0.3) is 11.2 Å². The number of aromatic nitrogens is 3. The molecule has 2 rings (SSSR count). The van der Waals surface area contributed by atoms with Crippen molar-refractivity contribution in [1.82, 2.24) is 15.0 Å². The van der Waals surface area contributed by atoms with E-state index in [0.29, 0.717) is 17.7 Å². The highest BCUT2D eigenvalue weighted by Gasteiger charge is 2.14. The second kappa shape index (κ2) is 4.12. The number of hydrogen-bond donors (Lipinski definition) is 1. The van der Waals surface area contributed by atoms with Crippen LogP contribution in [0.3, 0.4) is 0 Å². The summed E-state index contributed by atoms with van der Waals surface area (Å²) in [7, 11) is 1.61. The molecule has 0 aliphatic heterocycles. The average molecular weight is 219 g/mol. The molecule has 16 heavy (non-hydrogen) atoms. The average Bonchev–Trinajstić information content (AvgIpc) is 2.69. The first kappa shape index (κ1) is 10.9. The molecule has 2 aromatic rings. The van der Waals surface area contributed by atoms with Crippen LogP contribution in [0, 0.1) is 5.92 Å². The first-order chi connectivity index (χ1) is 7.61. The molecule has 1 unspecified atom stereocenters. The number of aromatic amines is 1. The van der Waals surface area contributed by atoms with E-state index in [-0.39, 0.29) is 0 Å². The third kappa shape index (κ3) is 1.87. The summed E-state index contributed by atoms with van der Waals surface area (Å²) in [5.74, 6) is 2.55. The van der Waals surface area contributed by atoms with Gasteiger partial charge in [-0.2, -0.15) is 4.98 Å². The zero-order chi connectivity index (χ0) is 11.7. The predicted octanol–water partition coefficient (Wildman–Crippen LogP) is 2.73. The van der Waals surface area contributed by atoms with E-state index in [1.165, 1.54) is 0 Å². The van der Waals surface area contributed by atoms with Crippen molar-refractivity contribution >= 4 is 11.2 Å². The molecule has 0 bridgehead atoms. The lowest BCUT2D eigenvalue weighted by molar-refractivity contribution is 0.399. The molecule has 86 valence electrons. The Morgan fingerprint density at radius 3 is 2.56 bits per heavy atom. The quantitative estimate of drug-likeness (QED) is 0.863. The summed E-state index contributed by atoms with van der Waals surface area (Å²) in [6.07, 6.45) is 0. The molecule has 0 amide bonds. The normalized spacial score (nSPS) is 13.3. The summed E-state index contributed by atoms with van der Waals surface area (Å²) in [6.45, 7) is 6.54. The number of methoxy groups -OCH3 is 1. The first-order valence-corrected chi connectivity index (χ1v) is 5.52. The van der Waals surface area contributed by atoms with E-state index in [0.717, 1.165) is 17.0 Å². The highest BCUT2D eigenvalue weighted by Crippen LogP contribution is 2.23. The Morgan fingerprint density at radius 1 is 1.19 bits per heavy atom. The summed E-state index contributed by atoms with van der Waals surface area (Å²) in [4.78, 5) is 12.1. The molecule has 2 aromatic heterocycles. The minimum absolute atomic E-state index is 0.403. The number of fused-ring (bicyclic) bond motifs is 1. The largest absolute Gasteiger partial charge is 0.481 e. The molecule has 0 saturated carbocycles. The van der Waals surface area contributed by atoms with Gasteiger partial charge in [0.15, 0.2) is 5.65 Å². The molecule has 0 spiro atoms. The highest BCUT2D eigenvalue weighted by molar-refractivity contribution is 5.71. The van der Waals surface area contributed by atoms with Crippen LogP contribution in [0.15, 0.2) is 12.1 Å². The fraction of sp³-hybridized carbons (Fsp3) is 0.500. The summed E-state index contributed by atoms with van der Waals surface area (Å²) >= 11 is 0. The number of imidazole rings is 1. The first-order valence-electron chi connectivity index (χ1n) is 5.52. The van der Waals surface area contributed by atoms with Gasteiger partial charge in [0.1, 0.15) is 5.82 Å². The van der Waals surface area contributed by atoms with E-state index in [4.69, 9.17) is 4.74 Å². The number of rotatable bonds is 3. The van der Waals surface area contributed by atoms with Crippen LogP contribution in [-0.4, -0.2) is 22.1 Å². The Hall–Kier alpha value is -1.58. The number of hydrogen-bond acceptors (Lipinski definition) is 3. The van der Waals surface area contributed by atoms with Crippen molar-refractivity contribution in [2.24, 2.45) is 5.92 Å². The van der Waals surface area contributed by atoms with E-state index in [9.17, 15) is 0 Å². The smallest absolute Gasteiger partial charge is 0.215 e. The summed E-state index contributed by atoms with van der Waals surface area (Å²) in [5.41, 5.74) is 1.69. The van der Waals surface area contributed by atoms with Crippen LogP contribution < -0.4 is 4.74 Å². The van der Waals surface area contributed by atoms with Gasteiger partial charge in [-0.25, -0.2) is 4.98 Å². The third-order valence-electron chi connectivity index (χ3n) is 2.98. The van der Waals surface area contributed by atoms with Gasteiger partial charge in [0, 0.05) is 12.0 Å². The second-order valence-electron chi connectivity index (χ2n) is 4.38. The van der Waals surface area contributed by atoms with Gasteiger partial charge in [0.05, 0.1) is 12.6 Å². The van der Waals surface area contributed by atoms with Crippen molar-refractivity contribution in [2.45, 2.75) is 26.7 Å². The van der Waals surface area contributed by atoms with Crippen molar-refractivity contribution in [3.8, 4) is 5.88 Å². The molecule has 0 saturated heterocycles. The summed E-state index contributed by atoms with van der Waals surface area (Å²) < 4.78 is 5.07. The van der Waals surface area contributed by atoms with E-state index in [1.807, 2.05) is 12.1 Å². The lowest BCUT2D eigenvalue weighted by Crippen LogP contribution is -2.03. The topological polar surface area (TPSA) is 50.8 Å². The maximum absolute atomic E-state index is 5.07. The fourth-order valence-electron chi connectivity index (χ4n) is 1.54. The lowest BCUT2D eigenvalue weighted by atomic mass is 9.98. The number of pyridine rings is 1. The van der Waals surface area contributed by atoms with E-state index in [1.54, 1.807) is 7.11 Å². The molecule has 4 nitrogen and oxygen atoms in total. The van der Waals surface area contributed by atoms with Crippen molar-refractivity contribution in [3.63, 3.8) is 0 Å². The van der Waals surface area contributed by atoms with Gasteiger partial charge in [-0.1, -0.05) is 20.8 Å². The Morgan fingerprint density at radius 2 is 1.94 bits per heavy atom. The van der Waals surface area contributed by atoms with E-state index < -0.39 is 0 Å².